The molecule has 110 valence electrons. The lowest BCUT2D eigenvalue weighted by atomic mass is 10.2. The number of anilines is 1. The van der Waals surface area contributed by atoms with Crippen LogP contribution in [-0.2, 0) is 4.79 Å². The van der Waals surface area contributed by atoms with Crippen molar-refractivity contribution in [2.75, 3.05) is 18.0 Å². The number of carbonyl (C=O) groups is 1. The molecule has 0 saturated carbocycles. The number of amides is 1. The summed E-state index contributed by atoms with van der Waals surface area (Å²) in [6.07, 6.45) is 1.52. The molecule has 5 heteroatoms. The highest BCUT2D eigenvalue weighted by Gasteiger charge is 2.13. The van der Waals surface area contributed by atoms with Crippen LogP contribution >= 0.6 is 12.2 Å². The zero-order valence-corrected chi connectivity index (χ0v) is 13.0. The predicted molar refractivity (Wildman–Crippen MR) is 88.0 cm³/mol. The molecule has 0 radical (unpaired) electrons. The van der Waals surface area contributed by atoms with Gasteiger partial charge >= 0.3 is 0 Å². The van der Waals surface area contributed by atoms with E-state index in [2.05, 4.69) is 5.32 Å². The van der Waals surface area contributed by atoms with E-state index >= 15 is 0 Å². The number of nitrogens with one attached hydrogen (secondary N) is 1. The van der Waals surface area contributed by atoms with E-state index in [9.17, 15) is 4.79 Å². The number of nitrogens with zero attached hydrogens (tertiary/aromatic N) is 1. The molecule has 1 aromatic carbocycles. The van der Waals surface area contributed by atoms with Gasteiger partial charge in [-0.05, 0) is 25.5 Å². The van der Waals surface area contributed by atoms with Crippen molar-refractivity contribution in [1.82, 2.24) is 5.32 Å². The summed E-state index contributed by atoms with van der Waals surface area (Å²) in [4.78, 5) is 14.5. The third-order valence-electron chi connectivity index (χ3n) is 3.10. The van der Waals surface area contributed by atoms with Crippen LogP contribution in [0.25, 0.3) is 0 Å². The highest BCUT2D eigenvalue weighted by molar-refractivity contribution is 7.80. The molecule has 4 nitrogen and oxygen atoms in total. The van der Waals surface area contributed by atoms with Gasteiger partial charge < -0.3 is 16.0 Å². The molecule has 0 aliphatic rings. The molecular formula is C15H23N3OS. The summed E-state index contributed by atoms with van der Waals surface area (Å²) in [7, 11) is 0. The monoisotopic (exact) mass is 293 g/mol. The van der Waals surface area contributed by atoms with Gasteiger partial charge in [-0.2, -0.15) is 0 Å². The fourth-order valence-electron chi connectivity index (χ4n) is 1.78. The molecule has 0 heterocycles. The fraction of sp³-hybridized carbons (Fsp3) is 0.467. The maximum absolute atomic E-state index is 12.0. The van der Waals surface area contributed by atoms with Crippen LogP contribution in [0.1, 0.15) is 26.7 Å². The minimum absolute atomic E-state index is 0.0196. The largest absolute Gasteiger partial charge is 0.393 e. The van der Waals surface area contributed by atoms with Crippen molar-refractivity contribution in [2.24, 2.45) is 5.73 Å². The van der Waals surface area contributed by atoms with Crippen molar-refractivity contribution in [3.63, 3.8) is 0 Å². The Bertz CT molecular complexity index is 436. The number of hydrogen-bond acceptors (Lipinski definition) is 3. The number of carbonyl (C=O) groups excluding carboxylic acids is 1. The van der Waals surface area contributed by atoms with E-state index in [1.54, 1.807) is 0 Å². The van der Waals surface area contributed by atoms with E-state index in [4.69, 9.17) is 18.0 Å². The molecule has 0 spiro atoms. The minimum Gasteiger partial charge on any atom is -0.393 e. The molecule has 0 aromatic heterocycles. The SMILES string of the molecule is CCC(C)NC(=O)CN(CCC(N)=S)c1ccccc1. The van der Waals surface area contributed by atoms with Gasteiger partial charge in [0.25, 0.3) is 0 Å². The normalized spacial score (nSPS) is 11.7. The van der Waals surface area contributed by atoms with Gasteiger partial charge in [0.2, 0.25) is 5.91 Å². The molecule has 1 aromatic rings. The van der Waals surface area contributed by atoms with Crippen LogP contribution < -0.4 is 16.0 Å². The maximum Gasteiger partial charge on any atom is 0.239 e. The molecule has 0 aliphatic carbocycles. The Hall–Kier alpha value is -1.62. The van der Waals surface area contributed by atoms with E-state index in [1.807, 2.05) is 49.1 Å². The van der Waals surface area contributed by atoms with Crippen molar-refractivity contribution in [3.8, 4) is 0 Å². The molecular weight excluding hydrogens is 270 g/mol. The van der Waals surface area contributed by atoms with E-state index < -0.39 is 0 Å². The Balaban J connectivity index is 2.68. The Morgan fingerprint density at radius 2 is 2.05 bits per heavy atom. The number of para-hydroxylation sites is 1. The predicted octanol–water partition coefficient (Wildman–Crippen LogP) is 2.08. The molecule has 1 unspecified atom stereocenters. The summed E-state index contributed by atoms with van der Waals surface area (Å²) in [6, 6.07) is 10.0. The molecule has 0 fully saturated rings. The van der Waals surface area contributed by atoms with Crippen molar-refractivity contribution in [1.29, 1.82) is 0 Å². The average Bonchev–Trinajstić information content (AvgIpc) is 2.44. The van der Waals surface area contributed by atoms with Crippen LogP contribution in [0.15, 0.2) is 30.3 Å². The molecule has 20 heavy (non-hydrogen) atoms. The Morgan fingerprint density at radius 1 is 1.40 bits per heavy atom. The molecule has 0 bridgehead atoms. The Morgan fingerprint density at radius 3 is 2.60 bits per heavy atom. The second kappa shape index (κ2) is 8.53. The first-order valence-corrected chi connectivity index (χ1v) is 7.31. The molecule has 0 aliphatic heterocycles. The van der Waals surface area contributed by atoms with Gasteiger partial charge in [0, 0.05) is 24.7 Å². The Labute approximate surface area is 126 Å². The van der Waals surface area contributed by atoms with Crippen LogP contribution in [0.4, 0.5) is 5.69 Å². The summed E-state index contributed by atoms with van der Waals surface area (Å²) in [6.45, 7) is 5.01. The van der Waals surface area contributed by atoms with Gasteiger partial charge in [-0.15, -0.1) is 0 Å². The minimum atomic E-state index is 0.0196. The van der Waals surface area contributed by atoms with Crippen LogP contribution in [-0.4, -0.2) is 30.0 Å². The van der Waals surface area contributed by atoms with Gasteiger partial charge in [0.1, 0.15) is 0 Å². The van der Waals surface area contributed by atoms with Crippen molar-refractivity contribution in [2.45, 2.75) is 32.7 Å². The second-order valence-corrected chi connectivity index (χ2v) is 5.37. The molecule has 0 saturated heterocycles. The van der Waals surface area contributed by atoms with Crippen LogP contribution in [0.2, 0.25) is 0 Å². The van der Waals surface area contributed by atoms with E-state index in [-0.39, 0.29) is 11.9 Å². The number of thiocarbonyl (C=S) groups is 1. The molecule has 1 amide bonds. The quantitative estimate of drug-likeness (QED) is 0.721. The first-order chi connectivity index (χ1) is 9.52. The summed E-state index contributed by atoms with van der Waals surface area (Å²) in [5.41, 5.74) is 6.56. The van der Waals surface area contributed by atoms with Crippen molar-refractivity contribution < 1.29 is 4.79 Å². The number of hydrogen-bond donors (Lipinski definition) is 2. The summed E-state index contributed by atoms with van der Waals surface area (Å²) >= 11 is 4.92. The number of benzene rings is 1. The molecule has 1 rings (SSSR count). The van der Waals surface area contributed by atoms with Crippen molar-refractivity contribution >= 4 is 28.8 Å². The highest BCUT2D eigenvalue weighted by Crippen LogP contribution is 2.13. The van der Waals surface area contributed by atoms with Crippen molar-refractivity contribution in [3.05, 3.63) is 30.3 Å². The maximum atomic E-state index is 12.0. The van der Waals surface area contributed by atoms with E-state index in [0.29, 0.717) is 24.5 Å². The third-order valence-corrected chi connectivity index (χ3v) is 3.31. The first kappa shape index (κ1) is 16.4. The lowest BCUT2D eigenvalue weighted by Gasteiger charge is -2.25. The smallest absolute Gasteiger partial charge is 0.239 e. The summed E-state index contributed by atoms with van der Waals surface area (Å²) in [5.74, 6) is 0.0196. The summed E-state index contributed by atoms with van der Waals surface area (Å²) in [5, 5.41) is 2.97. The number of nitrogens with two attached hydrogens (primary N) is 1. The van der Waals surface area contributed by atoms with Crippen LogP contribution in [0.3, 0.4) is 0 Å². The zero-order valence-electron chi connectivity index (χ0n) is 12.1. The fourth-order valence-corrected chi connectivity index (χ4v) is 1.87. The molecule has 1 atom stereocenters. The summed E-state index contributed by atoms with van der Waals surface area (Å²) < 4.78 is 0. The zero-order chi connectivity index (χ0) is 15.0. The van der Waals surface area contributed by atoms with Gasteiger partial charge in [-0.1, -0.05) is 37.3 Å². The standard InChI is InChI=1S/C15H23N3OS/c1-3-12(2)17-15(19)11-18(10-9-14(16)20)13-7-5-4-6-8-13/h4-8,12H,3,9-11H2,1-2H3,(H2,16,20)(H,17,19). The number of rotatable bonds is 8. The van der Waals surface area contributed by atoms with E-state index in [1.165, 1.54) is 0 Å². The van der Waals surface area contributed by atoms with Gasteiger partial charge in [0.15, 0.2) is 0 Å². The van der Waals surface area contributed by atoms with E-state index in [0.717, 1.165) is 12.1 Å². The first-order valence-electron chi connectivity index (χ1n) is 6.90. The lowest BCUT2D eigenvalue weighted by molar-refractivity contribution is -0.120. The van der Waals surface area contributed by atoms with Crippen LogP contribution in [0, 0.1) is 0 Å². The molecule has 3 N–H and O–H groups in total. The lowest BCUT2D eigenvalue weighted by Crippen LogP contribution is -2.41. The average molecular weight is 293 g/mol. The Kier molecular flexibility index (Phi) is 7.01. The van der Waals surface area contributed by atoms with Crippen LogP contribution in [0.5, 0.6) is 0 Å². The second-order valence-electron chi connectivity index (χ2n) is 4.85. The highest BCUT2D eigenvalue weighted by atomic mass is 32.1. The third kappa shape index (κ3) is 6.02. The van der Waals surface area contributed by atoms with Gasteiger partial charge in [-0.3, -0.25) is 4.79 Å². The van der Waals surface area contributed by atoms with Gasteiger partial charge in [-0.25, -0.2) is 0 Å². The van der Waals surface area contributed by atoms with Gasteiger partial charge in [0.05, 0.1) is 11.5 Å². The topological polar surface area (TPSA) is 58.4 Å².